The van der Waals surface area contributed by atoms with E-state index in [-0.39, 0.29) is 0 Å². The summed E-state index contributed by atoms with van der Waals surface area (Å²) in [5.41, 5.74) is 10.1. The van der Waals surface area contributed by atoms with Gasteiger partial charge in [0.15, 0.2) is 17.5 Å². The van der Waals surface area contributed by atoms with E-state index in [1.165, 1.54) is 42.0 Å². The van der Waals surface area contributed by atoms with Crippen LogP contribution in [0.4, 0.5) is 0 Å². The van der Waals surface area contributed by atoms with Crippen molar-refractivity contribution in [1.82, 2.24) is 19.5 Å². The van der Waals surface area contributed by atoms with Crippen LogP contribution in [-0.4, -0.2) is 19.5 Å². The third-order valence-electron chi connectivity index (χ3n) is 11.1. The van der Waals surface area contributed by atoms with Crippen LogP contribution in [0, 0.1) is 0 Å². The minimum absolute atomic E-state index is 0.601. The Morgan fingerprint density at radius 2 is 1.04 bits per heavy atom. The van der Waals surface area contributed by atoms with Crippen LogP contribution in [0.3, 0.4) is 0 Å². The molecule has 0 fully saturated rings. The number of benzene rings is 8. The zero-order chi connectivity index (χ0) is 37.5. The molecule has 0 amide bonds. The summed E-state index contributed by atoms with van der Waals surface area (Å²) in [7, 11) is 0. The van der Waals surface area contributed by atoms with E-state index in [1.54, 1.807) is 11.3 Å². The summed E-state index contributed by atoms with van der Waals surface area (Å²) in [5, 5.41) is 6.93. The molecule has 8 aromatic carbocycles. The van der Waals surface area contributed by atoms with E-state index in [0.717, 1.165) is 55.4 Å². The number of rotatable bonds is 5. The number of furan rings is 1. The minimum Gasteiger partial charge on any atom is -0.456 e. The van der Waals surface area contributed by atoms with E-state index < -0.39 is 0 Å². The van der Waals surface area contributed by atoms with Crippen LogP contribution in [0.1, 0.15) is 0 Å². The fraction of sp³-hybridized carbons (Fsp3) is 0. The Hall–Kier alpha value is -7.41. The third-order valence-corrected chi connectivity index (χ3v) is 12.2. The van der Waals surface area contributed by atoms with Crippen LogP contribution in [0.5, 0.6) is 0 Å². The van der Waals surface area contributed by atoms with Gasteiger partial charge in [-0.05, 0) is 71.8 Å². The lowest BCUT2D eigenvalue weighted by atomic mass is 9.99. The lowest BCUT2D eigenvalue weighted by molar-refractivity contribution is 0.669. The molecule has 4 aromatic heterocycles. The van der Waals surface area contributed by atoms with Crippen LogP contribution < -0.4 is 0 Å². The van der Waals surface area contributed by atoms with E-state index in [1.807, 2.05) is 42.5 Å². The predicted octanol–water partition coefficient (Wildman–Crippen LogP) is 13.9. The van der Waals surface area contributed by atoms with Gasteiger partial charge in [-0.25, -0.2) is 15.0 Å². The van der Waals surface area contributed by atoms with Gasteiger partial charge in [-0.3, -0.25) is 0 Å². The lowest BCUT2D eigenvalue weighted by Crippen LogP contribution is -2.00. The second-order valence-electron chi connectivity index (χ2n) is 14.4. The fourth-order valence-electron chi connectivity index (χ4n) is 8.41. The molecule has 12 rings (SSSR count). The van der Waals surface area contributed by atoms with Gasteiger partial charge in [-0.15, -0.1) is 11.3 Å². The fourth-order valence-corrected chi connectivity index (χ4v) is 9.55. The molecule has 5 nitrogen and oxygen atoms in total. The molecule has 0 atom stereocenters. The topological polar surface area (TPSA) is 56.7 Å². The highest BCUT2D eigenvalue weighted by Crippen LogP contribution is 2.41. The number of fused-ring (bicyclic) bond motifs is 9. The molecular formula is C51H30N4OS. The van der Waals surface area contributed by atoms with Gasteiger partial charge < -0.3 is 8.98 Å². The van der Waals surface area contributed by atoms with E-state index in [0.29, 0.717) is 17.5 Å². The van der Waals surface area contributed by atoms with E-state index in [4.69, 9.17) is 19.4 Å². The van der Waals surface area contributed by atoms with E-state index >= 15 is 0 Å². The lowest BCUT2D eigenvalue weighted by Gasteiger charge is -2.10. The van der Waals surface area contributed by atoms with Gasteiger partial charge in [-0.2, -0.15) is 0 Å². The van der Waals surface area contributed by atoms with Crippen molar-refractivity contribution in [3.05, 3.63) is 182 Å². The van der Waals surface area contributed by atoms with Gasteiger partial charge in [0, 0.05) is 64.1 Å². The number of nitrogens with zero attached hydrogens (tertiary/aromatic N) is 4. The van der Waals surface area contributed by atoms with Crippen LogP contribution >= 0.6 is 11.3 Å². The Morgan fingerprint density at radius 1 is 0.386 bits per heavy atom. The van der Waals surface area contributed by atoms with Crippen molar-refractivity contribution in [2.24, 2.45) is 0 Å². The maximum absolute atomic E-state index is 6.52. The normalized spacial score (nSPS) is 11.9. The van der Waals surface area contributed by atoms with Crippen LogP contribution in [0.15, 0.2) is 186 Å². The predicted molar refractivity (Wildman–Crippen MR) is 236 cm³/mol. The van der Waals surface area contributed by atoms with Crippen LogP contribution in [-0.2, 0) is 0 Å². The molecule has 0 bridgehead atoms. The summed E-state index contributed by atoms with van der Waals surface area (Å²) in [5.74, 6) is 1.86. The van der Waals surface area contributed by atoms with Gasteiger partial charge in [0.05, 0.1) is 11.0 Å². The van der Waals surface area contributed by atoms with Gasteiger partial charge in [0.2, 0.25) is 0 Å². The van der Waals surface area contributed by atoms with Crippen LogP contribution in [0.2, 0.25) is 0 Å². The first-order valence-electron chi connectivity index (χ1n) is 19.0. The standard InChI is InChI=1S/C51H30N4OS/c1-3-12-31(13-4-1)49-52-50(34-22-25-38-37-17-8-10-21-46(37)57-47(38)30-34)54-51(53-49)39-18-11-20-45-48(39)41-29-33(24-27-44(41)56-45)32-23-26-43-40(28-32)36-16-7-9-19-42(36)55(43)35-14-5-2-6-15-35/h1-30H. The maximum Gasteiger partial charge on any atom is 0.164 e. The Morgan fingerprint density at radius 3 is 1.89 bits per heavy atom. The monoisotopic (exact) mass is 746 g/mol. The maximum atomic E-state index is 6.52. The summed E-state index contributed by atoms with van der Waals surface area (Å²) < 4.78 is 11.3. The van der Waals surface area contributed by atoms with Gasteiger partial charge in [0.25, 0.3) is 0 Å². The average molecular weight is 747 g/mol. The quantitative estimate of drug-likeness (QED) is 0.176. The first-order chi connectivity index (χ1) is 28.2. The number of para-hydroxylation sites is 2. The summed E-state index contributed by atoms with van der Waals surface area (Å²) in [4.78, 5) is 15.4. The first kappa shape index (κ1) is 31.9. The first-order valence-corrected chi connectivity index (χ1v) is 19.8. The zero-order valence-corrected chi connectivity index (χ0v) is 31.2. The van der Waals surface area contributed by atoms with E-state index in [2.05, 4.69) is 144 Å². The van der Waals surface area contributed by atoms with Crippen molar-refractivity contribution < 1.29 is 4.42 Å². The Bertz CT molecular complexity index is 3530. The van der Waals surface area contributed by atoms with Gasteiger partial charge in [0.1, 0.15) is 11.2 Å². The zero-order valence-electron chi connectivity index (χ0n) is 30.4. The molecule has 0 aliphatic heterocycles. The molecule has 0 spiro atoms. The second-order valence-corrected chi connectivity index (χ2v) is 15.5. The summed E-state index contributed by atoms with van der Waals surface area (Å²) in [6.45, 7) is 0. The molecule has 0 saturated carbocycles. The van der Waals surface area contributed by atoms with Crippen LogP contribution in [0.25, 0.3) is 115 Å². The molecule has 0 N–H and O–H groups in total. The molecule has 0 saturated heterocycles. The molecule has 4 heterocycles. The van der Waals surface area contributed by atoms with Gasteiger partial charge >= 0.3 is 0 Å². The number of thiophene rings is 1. The van der Waals surface area contributed by atoms with Crippen molar-refractivity contribution in [2.45, 2.75) is 0 Å². The Balaban J connectivity index is 1.03. The van der Waals surface area contributed by atoms with Gasteiger partial charge in [-0.1, -0.05) is 121 Å². The summed E-state index contributed by atoms with van der Waals surface area (Å²) in [6.07, 6.45) is 0. The molecule has 57 heavy (non-hydrogen) atoms. The molecular weight excluding hydrogens is 717 g/mol. The third kappa shape index (κ3) is 5.12. The molecule has 0 radical (unpaired) electrons. The smallest absolute Gasteiger partial charge is 0.164 e. The number of hydrogen-bond acceptors (Lipinski definition) is 5. The van der Waals surface area contributed by atoms with Crippen molar-refractivity contribution in [2.75, 3.05) is 0 Å². The SMILES string of the molecule is c1ccc(-c2nc(-c3ccc4c(c3)sc3ccccc34)nc(-c3cccc4oc5ccc(-c6ccc7c(c6)c6ccccc6n7-c6ccccc6)cc5c34)n2)cc1. The van der Waals surface area contributed by atoms with E-state index in [9.17, 15) is 0 Å². The highest BCUT2D eigenvalue weighted by molar-refractivity contribution is 7.25. The molecule has 0 unspecified atom stereocenters. The average Bonchev–Trinajstić information content (AvgIpc) is 3.95. The molecule has 0 aliphatic rings. The highest BCUT2D eigenvalue weighted by atomic mass is 32.1. The molecule has 6 heteroatoms. The summed E-state index contributed by atoms with van der Waals surface area (Å²) >= 11 is 1.79. The molecule has 12 aromatic rings. The van der Waals surface area contributed by atoms with Crippen molar-refractivity contribution >= 4 is 75.3 Å². The minimum atomic E-state index is 0.601. The summed E-state index contributed by atoms with van der Waals surface area (Å²) in [6, 6.07) is 63.9. The van der Waals surface area contributed by atoms with Crippen molar-refractivity contribution in [1.29, 1.82) is 0 Å². The molecule has 0 aliphatic carbocycles. The second kappa shape index (κ2) is 12.6. The Kier molecular flexibility index (Phi) is 7.03. The van der Waals surface area contributed by atoms with Crippen molar-refractivity contribution in [3.63, 3.8) is 0 Å². The Labute approximate surface area is 330 Å². The van der Waals surface area contributed by atoms with Crippen molar-refractivity contribution in [3.8, 4) is 51.0 Å². The highest BCUT2D eigenvalue weighted by Gasteiger charge is 2.20. The number of hydrogen-bond donors (Lipinski definition) is 0. The molecule has 266 valence electrons. The number of aromatic nitrogens is 4. The largest absolute Gasteiger partial charge is 0.456 e.